The second-order valence-corrected chi connectivity index (χ2v) is 8.85. The summed E-state index contributed by atoms with van der Waals surface area (Å²) in [6.07, 6.45) is 2.10. The number of carbonyl (C=O) groups excluding carboxylic acids is 1. The summed E-state index contributed by atoms with van der Waals surface area (Å²) < 4.78 is 10.8. The minimum absolute atomic E-state index is 0.000530. The highest BCUT2D eigenvalue weighted by atomic mass is 16.5. The lowest BCUT2D eigenvalue weighted by Crippen LogP contribution is -2.64. The number of aromatic nitrogens is 2. The molecule has 1 saturated carbocycles. The van der Waals surface area contributed by atoms with Crippen LogP contribution in [0.5, 0.6) is 0 Å². The third-order valence-electron chi connectivity index (χ3n) is 6.59. The highest BCUT2D eigenvalue weighted by molar-refractivity contribution is 6.04. The van der Waals surface area contributed by atoms with Gasteiger partial charge in [0.1, 0.15) is 5.60 Å². The summed E-state index contributed by atoms with van der Waals surface area (Å²) in [5.74, 6) is 1.36. The van der Waals surface area contributed by atoms with E-state index in [9.17, 15) is 9.90 Å². The number of rotatable bonds is 5. The Morgan fingerprint density at radius 3 is 2.45 bits per heavy atom. The number of carbonyl (C=O) groups is 1. The number of nitrogens with zero attached hydrogens (tertiary/aromatic N) is 3. The molecule has 7 nitrogen and oxygen atoms in total. The van der Waals surface area contributed by atoms with Crippen LogP contribution in [0.2, 0.25) is 0 Å². The van der Waals surface area contributed by atoms with Gasteiger partial charge in [0.05, 0.1) is 24.8 Å². The highest BCUT2D eigenvalue weighted by Crippen LogP contribution is 2.46. The van der Waals surface area contributed by atoms with E-state index in [1.807, 2.05) is 47.4 Å². The molecular formula is C24H23N3O4. The normalized spacial score (nSPS) is 20.5. The molecule has 2 fully saturated rings. The molecule has 7 heteroatoms. The summed E-state index contributed by atoms with van der Waals surface area (Å²) in [5.41, 5.74) is 3.52. The molecule has 0 radical (unpaired) electrons. The van der Waals surface area contributed by atoms with Gasteiger partial charge in [-0.3, -0.25) is 4.79 Å². The minimum Gasteiger partial charge on any atom is -0.421 e. The van der Waals surface area contributed by atoms with Crippen LogP contribution in [0.4, 0.5) is 0 Å². The van der Waals surface area contributed by atoms with Crippen molar-refractivity contribution in [3.05, 3.63) is 59.5 Å². The molecule has 158 valence electrons. The number of fused-ring (bicyclic) bond motifs is 1. The fourth-order valence-electron chi connectivity index (χ4n) is 4.93. The Bertz CT molecular complexity index is 1160. The fourth-order valence-corrected chi connectivity index (χ4v) is 4.93. The van der Waals surface area contributed by atoms with Gasteiger partial charge >= 0.3 is 0 Å². The molecule has 1 aromatic heterocycles. The first-order chi connectivity index (χ1) is 15.0. The Hall–Kier alpha value is -3.03. The average molecular weight is 417 g/mol. The van der Waals surface area contributed by atoms with Crippen LogP contribution in [0.25, 0.3) is 22.6 Å². The summed E-state index contributed by atoms with van der Waals surface area (Å²) in [7, 11) is 0. The number of ether oxygens (including phenoxy) is 1. The van der Waals surface area contributed by atoms with E-state index in [2.05, 4.69) is 10.2 Å². The Kier molecular flexibility index (Phi) is 4.07. The number of aryl methyl sites for hydroxylation is 1. The van der Waals surface area contributed by atoms with Crippen molar-refractivity contribution in [2.45, 2.75) is 38.0 Å². The van der Waals surface area contributed by atoms with Crippen molar-refractivity contribution in [3.63, 3.8) is 0 Å². The number of hydrogen-bond acceptors (Lipinski definition) is 6. The van der Waals surface area contributed by atoms with Crippen LogP contribution in [-0.4, -0.2) is 51.0 Å². The molecule has 0 bridgehead atoms. The van der Waals surface area contributed by atoms with Crippen molar-refractivity contribution in [2.75, 3.05) is 13.2 Å². The van der Waals surface area contributed by atoms with Crippen LogP contribution in [-0.2, 0) is 11.3 Å². The van der Waals surface area contributed by atoms with Crippen LogP contribution in [0.15, 0.2) is 46.9 Å². The predicted octanol–water partition coefficient (Wildman–Crippen LogP) is 3.21. The predicted molar refractivity (Wildman–Crippen MR) is 112 cm³/mol. The van der Waals surface area contributed by atoms with Gasteiger partial charge in [0, 0.05) is 19.0 Å². The highest BCUT2D eigenvalue weighted by Gasteiger charge is 2.55. The SMILES string of the molecule is Cc1nnc(-c2ccc(-c3cccc4c3C(=O)N(C(C3CC3)C3(O)COC3)C4)cc2)o1. The molecule has 1 atom stereocenters. The second kappa shape index (κ2) is 6.73. The first-order valence-corrected chi connectivity index (χ1v) is 10.7. The number of benzene rings is 2. The van der Waals surface area contributed by atoms with E-state index >= 15 is 0 Å². The van der Waals surface area contributed by atoms with Crippen LogP contribution in [0, 0.1) is 12.8 Å². The first kappa shape index (κ1) is 18.7. The lowest BCUT2D eigenvalue weighted by atomic mass is 9.87. The van der Waals surface area contributed by atoms with Gasteiger partial charge in [0.15, 0.2) is 0 Å². The summed E-state index contributed by atoms with van der Waals surface area (Å²) in [4.78, 5) is 15.5. The van der Waals surface area contributed by atoms with Gasteiger partial charge in [0.2, 0.25) is 11.8 Å². The third-order valence-corrected chi connectivity index (χ3v) is 6.59. The van der Waals surface area contributed by atoms with Gasteiger partial charge in [-0.15, -0.1) is 10.2 Å². The largest absolute Gasteiger partial charge is 0.421 e. The quantitative estimate of drug-likeness (QED) is 0.686. The van der Waals surface area contributed by atoms with Crippen molar-refractivity contribution in [1.29, 1.82) is 0 Å². The molecule has 3 aliphatic rings. The van der Waals surface area contributed by atoms with E-state index in [1.165, 1.54) is 0 Å². The second-order valence-electron chi connectivity index (χ2n) is 8.85. The molecule has 2 aliphatic heterocycles. The van der Waals surface area contributed by atoms with E-state index in [0.29, 0.717) is 37.5 Å². The summed E-state index contributed by atoms with van der Waals surface area (Å²) in [5, 5.41) is 19.0. The molecule has 1 unspecified atom stereocenters. The van der Waals surface area contributed by atoms with Crippen LogP contribution in [0.3, 0.4) is 0 Å². The third kappa shape index (κ3) is 2.99. The van der Waals surface area contributed by atoms with Crippen molar-refractivity contribution in [1.82, 2.24) is 15.1 Å². The number of aliphatic hydroxyl groups is 1. The molecule has 0 spiro atoms. The molecule has 6 rings (SSSR count). The molecule has 1 N–H and O–H groups in total. The monoisotopic (exact) mass is 417 g/mol. The molecular weight excluding hydrogens is 394 g/mol. The van der Waals surface area contributed by atoms with Crippen molar-refractivity contribution >= 4 is 5.91 Å². The van der Waals surface area contributed by atoms with Gasteiger partial charge in [-0.05, 0) is 47.6 Å². The maximum absolute atomic E-state index is 13.6. The van der Waals surface area contributed by atoms with Gasteiger partial charge in [-0.1, -0.05) is 30.3 Å². The number of hydrogen-bond donors (Lipinski definition) is 1. The maximum Gasteiger partial charge on any atom is 0.255 e. The molecule has 3 heterocycles. The van der Waals surface area contributed by atoms with Gasteiger partial charge in [-0.2, -0.15) is 0 Å². The van der Waals surface area contributed by atoms with E-state index in [1.54, 1.807) is 6.92 Å². The topological polar surface area (TPSA) is 88.7 Å². The Balaban J connectivity index is 1.34. The molecule has 3 aromatic rings. The van der Waals surface area contributed by atoms with Crippen LogP contribution < -0.4 is 0 Å². The van der Waals surface area contributed by atoms with E-state index in [0.717, 1.165) is 40.7 Å². The van der Waals surface area contributed by atoms with Crippen molar-refractivity contribution < 1.29 is 19.1 Å². The van der Waals surface area contributed by atoms with Crippen LogP contribution >= 0.6 is 0 Å². The summed E-state index contributed by atoms with van der Waals surface area (Å²) in [6.45, 7) is 2.90. The van der Waals surface area contributed by atoms with Crippen molar-refractivity contribution in [2.24, 2.45) is 5.92 Å². The molecule has 1 aliphatic carbocycles. The lowest BCUT2D eigenvalue weighted by Gasteiger charge is -2.46. The van der Waals surface area contributed by atoms with Gasteiger partial charge in [-0.25, -0.2) is 0 Å². The zero-order valence-electron chi connectivity index (χ0n) is 17.2. The van der Waals surface area contributed by atoms with E-state index in [-0.39, 0.29) is 11.9 Å². The molecule has 1 amide bonds. The fraction of sp³-hybridized carbons (Fsp3) is 0.375. The Morgan fingerprint density at radius 2 is 1.84 bits per heavy atom. The zero-order valence-corrected chi connectivity index (χ0v) is 17.2. The molecule has 2 aromatic carbocycles. The zero-order chi connectivity index (χ0) is 21.2. The summed E-state index contributed by atoms with van der Waals surface area (Å²) in [6, 6.07) is 13.6. The molecule has 1 saturated heterocycles. The Labute approximate surface area is 179 Å². The van der Waals surface area contributed by atoms with Gasteiger partial charge < -0.3 is 19.2 Å². The molecule has 31 heavy (non-hydrogen) atoms. The minimum atomic E-state index is -0.928. The lowest BCUT2D eigenvalue weighted by molar-refractivity contribution is -0.211. The number of amides is 1. The Morgan fingerprint density at radius 1 is 1.10 bits per heavy atom. The van der Waals surface area contributed by atoms with Crippen LogP contribution in [0.1, 0.15) is 34.7 Å². The van der Waals surface area contributed by atoms with Crippen molar-refractivity contribution in [3.8, 4) is 22.6 Å². The average Bonchev–Trinajstić information content (AvgIpc) is 3.41. The summed E-state index contributed by atoms with van der Waals surface area (Å²) >= 11 is 0. The maximum atomic E-state index is 13.6. The standard InChI is InChI=1S/C24H23N3O4/c1-14-25-26-22(31-14)17-9-5-15(6-10-17)19-4-2-3-18-11-27(23(28)20(18)19)21(16-7-8-16)24(29)12-30-13-24/h2-6,9-10,16,21,29H,7-8,11-13H2,1H3. The van der Waals surface area contributed by atoms with Gasteiger partial charge in [0.25, 0.3) is 5.91 Å². The van der Waals surface area contributed by atoms with E-state index in [4.69, 9.17) is 9.15 Å². The van der Waals surface area contributed by atoms with E-state index < -0.39 is 5.60 Å². The first-order valence-electron chi connectivity index (χ1n) is 10.7. The smallest absolute Gasteiger partial charge is 0.255 e.